The van der Waals surface area contributed by atoms with Crippen LogP contribution in [0.4, 0.5) is 15.8 Å². The topological polar surface area (TPSA) is 92.5 Å². The average molecular weight is 432 g/mol. The minimum atomic E-state index is -3.93. The molecular weight excluding hydrogens is 416 g/mol. The maximum absolute atomic E-state index is 13.1. The van der Waals surface area contributed by atoms with E-state index in [1.54, 1.807) is 0 Å². The van der Waals surface area contributed by atoms with Crippen molar-refractivity contribution in [3.63, 3.8) is 0 Å². The molecular formula is C17H16Cl2FN3O3S. The predicted octanol–water partition coefficient (Wildman–Crippen LogP) is 3.51. The first kappa shape index (κ1) is 19.9. The van der Waals surface area contributed by atoms with Crippen LogP contribution in [-0.4, -0.2) is 31.2 Å². The first-order chi connectivity index (χ1) is 12.7. The molecule has 0 spiro atoms. The normalized spacial score (nSPS) is 17.8. The first-order valence-corrected chi connectivity index (χ1v) is 10.2. The largest absolute Gasteiger partial charge is 0.396 e. The highest BCUT2D eigenvalue weighted by molar-refractivity contribution is 7.89. The van der Waals surface area contributed by atoms with E-state index in [2.05, 4.69) is 5.32 Å². The number of hydrogen-bond donors (Lipinski definition) is 2. The summed E-state index contributed by atoms with van der Waals surface area (Å²) in [7, 11) is -3.93. The summed E-state index contributed by atoms with van der Waals surface area (Å²) >= 11 is 11.9. The highest BCUT2D eigenvalue weighted by atomic mass is 35.5. The Bertz CT molecular complexity index is 960. The number of benzene rings is 2. The van der Waals surface area contributed by atoms with Crippen LogP contribution in [0.2, 0.25) is 10.0 Å². The molecule has 0 bridgehead atoms. The molecule has 3 N–H and O–H groups in total. The van der Waals surface area contributed by atoms with Crippen LogP contribution in [0, 0.1) is 5.82 Å². The Kier molecular flexibility index (Phi) is 5.62. The number of anilines is 2. The van der Waals surface area contributed by atoms with E-state index in [9.17, 15) is 17.6 Å². The molecule has 2 aromatic carbocycles. The van der Waals surface area contributed by atoms with Gasteiger partial charge in [-0.05, 0) is 49.2 Å². The molecule has 1 heterocycles. The summed E-state index contributed by atoms with van der Waals surface area (Å²) < 4.78 is 39.9. The van der Waals surface area contributed by atoms with Crippen molar-refractivity contribution in [3.05, 3.63) is 52.3 Å². The van der Waals surface area contributed by atoms with E-state index in [-0.39, 0.29) is 27.2 Å². The highest BCUT2D eigenvalue weighted by Gasteiger charge is 2.39. The van der Waals surface area contributed by atoms with E-state index in [0.717, 1.165) is 16.4 Å². The number of nitrogens with two attached hydrogens (primary N) is 1. The number of carbonyl (C=O) groups excluding carboxylic acids is 1. The lowest BCUT2D eigenvalue weighted by Crippen LogP contribution is -2.43. The summed E-state index contributed by atoms with van der Waals surface area (Å²) in [6, 6.07) is 6.47. The SMILES string of the molecule is Nc1c(Cl)cc(NC(=O)C2CCCN2S(=O)(=O)c2ccc(F)cc2)cc1Cl. The van der Waals surface area contributed by atoms with Gasteiger partial charge in [0.2, 0.25) is 15.9 Å². The third kappa shape index (κ3) is 4.03. The second-order valence-electron chi connectivity index (χ2n) is 6.07. The molecule has 6 nitrogen and oxygen atoms in total. The number of amides is 1. The zero-order chi connectivity index (χ0) is 19.8. The molecule has 10 heteroatoms. The number of nitrogens with zero attached hydrogens (tertiary/aromatic N) is 1. The van der Waals surface area contributed by atoms with Crippen molar-refractivity contribution >= 4 is 50.5 Å². The lowest BCUT2D eigenvalue weighted by Gasteiger charge is -2.23. The average Bonchev–Trinajstić information content (AvgIpc) is 3.11. The third-order valence-corrected chi connectivity index (χ3v) is 6.82. The smallest absolute Gasteiger partial charge is 0.243 e. The molecule has 1 unspecified atom stereocenters. The van der Waals surface area contributed by atoms with Gasteiger partial charge in [0.05, 0.1) is 20.6 Å². The van der Waals surface area contributed by atoms with Gasteiger partial charge in [0.15, 0.2) is 0 Å². The van der Waals surface area contributed by atoms with Gasteiger partial charge in [-0.15, -0.1) is 0 Å². The van der Waals surface area contributed by atoms with Crippen LogP contribution in [0.5, 0.6) is 0 Å². The predicted molar refractivity (Wildman–Crippen MR) is 103 cm³/mol. The van der Waals surface area contributed by atoms with Crippen LogP contribution in [0.3, 0.4) is 0 Å². The summed E-state index contributed by atoms with van der Waals surface area (Å²) in [6.45, 7) is 0.195. The summed E-state index contributed by atoms with van der Waals surface area (Å²) in [4.78, 5) is 12.6. The molecule has 1 fully saturated rings. The maximum atomic E-state index is 13.1. The number of nitrogens with one attached hydrogen (secondary N) is 1. The Balaban J connectivity index is 1.83. The Morgan fingerprint density at radius 1 is 1.19 bits per heavy atom. The molecule has 27 heavy (non-hydrogen) atoms. The molecule has 144 valence electrons. The van der Waals surface area contributed by atoms with Crippen molar-refractivity contribution in [3.8, 4) is 0 Å². The van der Waals surface area contributed by atoms with Crippen molar-refractivity contribution in [1.29, 1.82) is 0 Å². The Labute approximate surface area is 166 Å². The molecule has 0 saturated carbocycles. The Hall–Kier alpha value is -1.87. The Morgan fingerprint density at radius 2 is 1.78 bits per heavy atom. The molecule has 0 aliphatic carbocycles. The summed E-state index contributed by atoms with van der Waals surface area (Å²) in [6.07, 6.45) is 0.893. The number of hydrogen-bond acceptors (Lipinski definition) is 4. The lowest BCUT2D eigenvalue weighted by molar-refractivity contribution is -0.119. The molecule has 1 saturated heterocycles. The number of carbonyl (C=O) groups is 1. The zero-order valence-corrected chi connectivity index (χ0v) is 16.3. The van der Waals surface area contributed by atoms with Gasteiger partial charge in [-0.25, -0.2) is 12.8 Å². The van der Waals surface area contributed by atoms with Crippen molar-refractivity contribution < 1.29 is 17.6 Å². The van der Waals surface area contributed by atoms with Crippen molar-refractivity contribution in [2.75, 3.05) is 17.6 Å². The molecule has 1 atom stereocenters. The summed E-state index contributed by atoms with van der Waals surface area (Å²) in [5.74, 6) is -1.04. The molecule has 1 aliphatic heterocycles. The minimum Gasteiger partial charge on any atom is -0.396 e. The molecule has 1 amide bonds. The summed E-state index contributed by atoms with van der Waals surface area (Å²) in [5, 5.41) is 2.99. The number of nitrogen functional groups attached to an aromatic ring is 1. The van der Waals surface area contributed by atoms with Gasteiger partial charge < -0.3 is 11.1 Å². The van der Waals surface area contributed by atoms with E-state index in [0.29, 0.717) is 18.5 Å². The van der Waals surface area contributed by atoms with Crippen LogP contribution < -0.4 is 11.1 Å². The van der Waals surface area contributed by atoms with Crippen LogP contribution in [0.25, 0.3) is 0 Å². The number of sulfonamides is 1. The van der Waals surface area contributed by atoms with Gasteiger partial charge >= 0.3 is 0 Å². The fourth-order valence-electron chi connectivity index (χ4n) is 2.91. The van der Waals surface area contributed by atoms with E-state index in [4.69, 9.17) is 28.9 Å². The second kappa shape index (κ2) is 7.63. The van der Waals surface area contributed by atoms with Gasteiger partial charge in [-0.2, -0.15) is 4.31 Å². The Morgan fingerprint density at radius 3 is 2.37 bits per heavy atom. The molecule has 0 aromatic heterocycles. The number of halogens is 3. The highest BCUT2D eigenvalue weighted by Crippen LogP contribution is 2.32. The van der Waals surface area contributed by atoms with E-state index >= 15 is 0 Å². The van der Waals surface area contributed by atoms with Crippen LogP contribution >= 0.6 is 23.2 Å². The van der Waals surface area contributed by atoms with Crippen LogP contribution in [0.15, 0.2) is 41.3 Å². The molecule has 0 radical (unpaired) electrons. The molecule has 1 aliphatic rings. The molecule has 2 aromatic rings. The van der Waals surface area contributed by atoms with Gasteiger partial charge in [0, 0.05) is 12.2 Å². The van der Waals surface area contributed by atoms with Crippen molar-refractivity contribution in [1.82, 2.24) is 4.31 Å². The number of rotatable bonds is 4. The van der Waals surface area contributed by atoms with Crippen LogP contribution in [-0.2, 0) is 14.8 Å². The summed E-state index contributed by atoms with van der Waals surface area (Å²) in [5.41, 5.74) is 6.17. The molecule has 3 rings (SSSR count). The lowest BCUT2D eigenvalue weighted by atomic mass is 10.2. The standard InChI is InChI=1S/C17H16Cl2FN3O3S/c18-13-8-11(9-14(19)16(13)21)22-17(24)15-2-1-7-23(15)27(25,26)12-5-3-10(20)4-6-12/h3-6,8-9,15H,1-2,7,21H2,(H,22,24). The fourth-order valence-corrected chi connectivity index (χ4v) is 5.06. The second-order valence-corrected chi connectivity index (χ2v) is 8.78. The van der Waals surface area contributed by atoms with Gasteiger partial charge in [-0.1, -0.05) is 23.2 Å². The quantitative estimate of drug-likeness (QED) is 0.724. The maximum Gasteiger partial charge on any atom is 0.243 e. The van der Waals surface area contributed by atoms with Crippen molar-refractivity contribution in [2.45, 2.75) is 23.8 Å². The zero-order valence-electron chi connectivity index (χ0n) is 14.0. The van der Waals surface area contributed by atoms with E-state index < -0.39 is 27.8 Å². The monoisotopic (exact) mass is 431 g/mol. The van der Waals surface area contributed by atoms with Gasteiger partial charge in [-0.3, -0.25) is 4.79 Å². The first-order valence-electron chi connectivity index (χ1n) is 8.03. The van der Waals surface area contributed by atoms with Crippen molar-refractivity contribution in [2.24, 2.45) is 0 Å². The minimum absolute atomic E-state index is 0.0674. The van der Waals surface area contributed by atoms with E-state index in [1.807, 2.05) is 0 Å². The fraction of sp³-hybridized carbons (Fsp3) is 0.235. The van der Waals surface area contributed by atoms with Crippen LogP contribution in [0.1, 0.15) is 12.8 Å². The third-order valence-electron chi connectivity index (χ3n) is 4.27. The van der Waals surface area contributed by atoms with E-state index in [1.165, 1.54) is 24.3 Å². The van der Waals surface area contributed by atoms with Gasteiger partial charge in [0.25, 0.3) is 0 Å². The van der Waals surface area contributed by atoms with Gasteiger partial charge in [0.1, 0.15) is 11.9 Å².